The maximum absolute atomic E-state index is 11.9. The molecule has 0 aromatic rings. The molecule has 0 bridgehead atoms. The normalized spacial score (nSPS) is 21.5. The van der Waals surface area contributed by atoms with Crippen molar-refractivity contribution in [2.45, 2.75) is 64.5 Å². The van der Waals surface area contributed by atoms with Gasteiger partial charge in [-0.1, -0.05) is 6.92 Å². The molecule has 1 atom stereocenters. The molecule has 2 rings (SSSR count). The first-order valence-corrected chi connectivity index (χ1v) is 9.56. The monoisotopic (exact) mass is 338 g/mol. The van der Waals surface area contributed by atoms with E-state index in [1.54, 1.807) is 0 Å². The number of piperidine rings is 1. The zero-order valence-corrected chi connectivity index (χ0v) is 15.6. The van der Waals surface area contributed by atoms with E-state index in [9.17, 15) is 4.79 Å². The molecule has 2 fully saturated rings. The maximum atomic E-state index is 11.9. The van der Waals surface area contributed by atoms with Gasteiger partial charge in [0, 0.05) is 52.3 Å². The lowest BCUT2D eigenvalue weighted by atomic mass is 10.1. The highest BCUT2D eigenvalue weighted by molar-refractivity contribution is 5.80. The molecule has 24 heavy (non-hydrogen) atoms. The molecule has 2 aliphatic rings. The van der Waals surface area contributed by atoms with Crippen LogP contribution in [0.25, 0.3) is 0 Å². The molecule has 6 heteroatoms. The summed E-state index contributed by atoms with van der Waals surface area (Å²) in [5.41, 5.74) is 0. The molecule has 0 spiro atoms. The third-order valence-electron chi connectivity index (χ3n) is 5.14. The summed E-state index contributed by atoms with van der Waals surface area (Å²) in [7, 11) is 1.85. The number of amides is 1. The summed E-state index contributed by atoms with van der Waals surface area (Å²) in [6.45, 7) is 8.80. The van der Waals surface area contributed by atoms with Crippen LogP contribution in [0.15, 0.2) is 4.99 Å². The number of hydrogen-bond acceptors (Lipinski definition) is 3. The Hall–Kier alpha value is -1.30. The van der Waals surface area contributed by atoms with Gasteiger partial charge in [-0.25, -0.2) is 0 Å². The number of hydrogen-bond donors (Lipinski definition) is 1. The number of guanidine groups is 1. The van der Waals surface area contributed by atoms with Gasteiger partial charge in [-0.3, -0.25) is 9.79 Å². The molecule has 0 saturated carbocycles. The number of nitrogens with zero attached hydrogens (tertiary/aromatic N) is 3. The van der Waals surface area contributed by atoms with Crippen LogP contribution in [0.2, 0.25) is 0 Å². The molecule has 0 aromatic heterocycles. The van der Waals surface area contributed by atoms with E-state index in [4.69, 9.17) is 4.74 Å². The second-order valence-electron chi connectivity index (χ2n) is 6.66. The van der Waals surface area contributed by atoms with Gasteiger partial charge in [0.25, 0.3) is 0 Å². The Bertz CT molecular complexity index is 419. The third kappa shape index (κ3) is 5.10. The van der Waals surface area contributed by atoms with E-state index in [-0.39, 0.29) is 0 Å². The molecule has 138 valence electrons. The predicted molar refractivity (Wildman–Crippen MR) is 97.2 cm³/mol. The van der Waals surface area contributed by atoms with Crippen LogP contribution in [0.4, 0.5) is 0 Å². The first-order chi connectivity index (χ1) is 11.7. The number of likely N-dealkylation sites (tertiary alicyclic amines) is 2. The van der Waals surface area contributed by atoms with Gasteiger partial charge < -0.3 is 19.9 Å². The molecular weight excluding hydrogens is 304 g/mol. The molecule has 6 nitrogen and oxygen atoms in total. The van der Waals surface area contributed by atoms with E-state index in [0.717, 1.165) is 77.3 Å². The minimum Gasteiger partial charge on any atom is -0.378 e. The van der Waals surface area contributed by atoms with Gasteiger partial charge in [-0.2, -0.15) is 0 Å². The van der Waals surface area contributed by atoms with Gasteiger partial charge in [0.05, 0.1) is 6.10 Å². The van der Waals surface area contributed by atoms with Crippen molar-refractivity contribution in [1.29, 1.82) is 0 Å². The fourth-order valence-corrected chi connectivity index (χ4v) is 3.79. The van der Waals surface area contributed by atoms with E-state index in [1.807, 2.05) is 7.05 Å². The Morgan fingerprint density at radius 3 is 2.62 bits per heavy atom. The largest absolute Gasteiger partial charge is 0.378 e. The molecular formula is C18H34N4O2. The summed E-state index contributed by atoms with van der Waals surface area (Å²) >= 11 is 0. The van der Waals surface area contributed by atoms with Crippen molar-refractivity contribution >= 4 is 11.9 Å². The van der Waals surface area contributed by atoms with Crippen LogP contribution in [0.5, 0.6) is 0 Å². The average Bonchev–Trinajstić information content (AvgIpc) is 3.02. The quantitative estimate of drug-likeness (QED) is 0.569. The van der Waals surface area contributed by atoms with Crippen molar-refractivity contribution < 1.29 is 9.53 Å². The summed E-state index contributed by atoms with van der Waals surface area (Å²) in [5.74, 6) is 1.30. The highest BCUT2D eigenvalue weighted by atomic mass is 16.5. The topological polar surface area (TPSA) is 57.2 Å². The van der Waals surface area contributed by atoms with Gasteiger partial charge in [0.1, 0.15) is 0 Å². The summed E-state index contributed by atoms with van der Waals surface area (Å²) in [4.78, 5) is 20.7. The highest BCUT2D eigenvalue weighted by Gasteiger charge is 2.27. The van der Waals surface area contributed by atoms with Crippen molar-refractivity contribution in [3.63, 3.8) is 0 Å². The second-order valence-corrected chi connectivity index (χ2v) is 6.66. The number of ether oxygens (including phenoxy) is 1. The molecule has 2 aliphatic heterocycles. The molecule has 2 saturated heterocycles. The van der Waals surface area contributed by atoms with Crippen LogP contribution in [0, 0.1) is 0 Å². The minimum absolute atomic E-state index is 0.323. The zero-order chi connectivity index (χ0) is 17.4. The van der Waals surface area contributed by atoms with Crippen LogP contribution in [0.3, 0.4) is 0 Å². The zero-order valence-electron chi connectivity index (χ0n) is 15.6. The Morgan fingerprint density at radius 1 is 1.33 bits per heavy atom. The Morgan fingerprint density at radius 2 is 2.08 bits per heavy atom. The van der Waals surface area contributed by atoms with E-state index in [2.05, 4.69) is 34.0 Å². The highest BCUT2D eigenvalue weighted by Crippen LogP contribution is 2.18. The van der Waals surface area contributed by atoms with E-state index < -0.39 is 0 Å². The molecule has 1 N–H and O–H groups in total. The molecule has 0 aliphatic carbocycles. The van der Waals surface area contributed by atoms with Gasteiger partial charge >= 0.3 is 0 Å². The van der Waals surface area contributed by atoms with E-state index >= 15 is 0 Å². The average molecular weight is 338 g/mol. The number of carbonyl (C=O) groups is 1. The standard InChI is InChI=1S/C18H34N4O2/c1-4-15(22-12-6-7-17(22)23)8-11-20-18(19-3)21-13-9-16(10-14-21)24-5-2/h15-16H,4-14H2,1-3H3,(H,19,20). The van der Waals surface area contributed by atoms with E-state index in [1.165, 1.54) is 0 Å². The number of carbonyl (C=O) groups excluding carboxylic acids is 1. The lowest BCUT2D eigenvalue weighted by molar-refractivity contribution is -0.129. The van der Waals surface area contributed by atoms with Crippen molar-refractivity contribution in [2.75, 3.05) is 39.8 Å². The summed E-state index contributed by atoms with van der Waals surface area (Å²) in [6, 6.07) is 0.356. The van der Waals surface area contributed by atoms with Crippen LogP contribution >= 0.6 is 0 Å². The first kappa shape index (κ1) is 19.0. The number of nitrogens with one attached hydrogen (secondary N) is 1. The first-order valence-electron chi connectivity index (χ1n) is 9.56. The van der Waals surface area contributed by atoms with Gasteiger partial charge in [0.2, 0.25) is 5.91 Å². The van der Waals surface area contributed by atoms with Crippen molar-refractivity contribution in [3.8, 4) is 0 Å². The van der Waals surface area contributed by atoms with Gasteiger partial charge in [-0.15, -0.1) is 0 Å². The van der Waals surface area contributed by atoms with Crippen molar-refractivity contribution in [3.05, 3.63) is 0 Å². The smallest absolute Gasteiger partial charge is 0.222 e. The lowest BCUT2D eigenvalue weighted by Crippen LogP contribution is -2.48. The maximum Gasteiger partial charge on any atom is 0.222 e. The van der Waals surface area contributed by atoms with E-state index in [0.29, 0.717) is 18.1 Å². The number of aliphatic imine (C=N–C) groups is 1. The Balaban J connectivity index is 1.74. The minimum atomic E-state index is 0.323. The molecule has 0 radical (unpaired) electrons. The van der Waals surface area contributed by atoms with Crippen molar-refractivity contribution in [1.82, 2.24) is 15.1 Å². The SMILES string of the molecule is CCOC1CCN(C(=NC)NCCC(CC)N2CCCC2=O)CC1. The van der Waals surface area contributed by atoms with Gasteiger partial charge in [-0.05, 0) is 39.0 Å². The number of rotatable bonds is 7. The van der Waals surface area contributed by atoms with Gasteiger partial charge in [0.15, 0.2) is 5.96 Å². The summed E-state index contributed by atoms with van der Waals surface area (Å²) in [5, 5.41) is 3.49. The molecule has 2 heterocycles. The van der Waals surface area contributed by atoms with Crippen LogP contribution in [-0.4, -0.2) is 73.6 Å². The second kappa shape index (κ2) is 9.87. The van der Waals surface area contributed by atoms with Crippen LogP contribution < -0.4 is 5.32 Å². The summed E-state index contributed by atoms with van der Waals surface area (Å²) in [6.07, 6.45) is 6.26. The third-order valence-corrected chi connectivity index (χ3v) is 5.14. The van der Waals surface area contributed by atoms with Crippen LogP contribution in [-0.2, 0) is 9.53 Å². The molecule has 1 amide bonds. The van der Waals surface area contributed by atoms with Crippen LogP contribution in [0.1, 0.15) is 52.4 Å². The Labute approximate surface area is 146 Å². The predicted octanol–water partition coefficient (Wildman–Crippen LogP) is 1.85. The molecule has 0 aromatic carbocycles. The Kier molecular flexibility index (Phi) is 7.82. The van der Waals surface area contributed by atoms with Crippen molar-refractivity contribution in [2.24, 2.45) is 4.99 Å². The fourth-order valence-electron chi connectivity index (χ4n) is 3.79. The molecule has 1 unspecified atom stereocenters. The lowest BCUT2D eigenvalue weighted by Gasteiger charge is -2.34. The fraction of sp³-hybridized carbons (Fsp3) is 0.889. The summed E-state index contributed by atoms with van der Waals surface area (Å²) < 4.78 is 5.71.